The fraction of sp³-hybridized carbons (Fsp3) is 0.529. The van der Waals surface area contributed by atoms with Crippen molar-refractivity contribution in [3.05, 3.63) is 42.5 Å². The number of hydrogen-bond acceptors (Lipinski definition) is 1. The lowest BCUT2D eigenvalue weighted by atomic mass is 9.77. The minimum absolute atomic E-state index is 0.742. The van der Waals surface area contributed by atoms with Gasteiger partial charge in [0.15, 0.2) is 0 Å². The molecular weight excluding hydrogens is 220 g/mol. The van der Waals surface area contributed by atoms with Crippen molar-refractivity contribution in [2.75, 3.05) is 6.61 Å². The molecule has 0 saturated heterocycles. The Balaban J connectivity index is 1.90. The van der Waals surface area contributed by atoms with Gasteiger partial charge in [0.05, 0.1) is 6.61 Å². The van der Waals surface area contributed by atoms with Gasteiger partial charge >= 0.3 is 0 Å². The number of ether oxygens (including phenoxy) is 1. The van der Waals surface area contributed by atoms with Gasteiger partial charge in [-0.3, -0.25) is 0 Å². The van der Waals surface area contributed by atoms with Crippen molar-refractivity contribution in [3.8, 4) is 5.75 Å². The molecule has 0 bridgehead atoms. The Hall–Kier alpha value is -1.24. The van der Waals surface area contributed by atoms with Crippen LogP contribution in [0, 0.1) is 5.92 Å². The van der Waals surface area contributed by atoms with Crippen molar-refractivity contribution in [2.45, 2.75) is 44.9 Å². The molecule has 1 nitrogen and oxygen atoms in total. The molecule has 0 spiro atoms. The third-order valence-corrected chi connectivity index (χ3v) is 4.01. The summed E-state index contributed by atoms with van der Waals surface area (Å²) in [5.41, 5.74) is 1.48. The highest BCUT2D eigenvalue weighted by Crippen LogP contribution is 2.37. The third kappa shape index (κ3) is 3.38. The first-order chi connectivity index (χ1) is 8.83. The number of rotatable bonds is 5. The first kappa shape index (κ1) is 13.2. The standard InChI is InChI=1S/C17H24O/c1-3-5-14-6-8-15(9-7-14)16-10-12-17(13-11-16)18-4-2/h3,10-15H,1,4-9H2,2H3/t14-,15-. The zero-order chi connectivity index (χ0) is 12.8. The fourth-order valence-corrected chi connectivity index (χ4v) is 2.97. The Kier molecular flexibility index (Phi) is 4.86. The molecular formula is C17H24O. The van der Waals surface area contributed by atoms with E-state index >= 15 is 0 Å². The third-order valence-electron chi connectivity index (χ3n) is 4.01. The molecule has 0 N–H and O–H groups in total. The highest BCUT2D eigenvalue weighted by Gasteiger charge is 2.21. The Morgan fingerprint density at radius 3 is 2.39 bits per heavy atom. The van der Waals surface area contributed by atoms with Gasteiger partial charge in [0, 0.05) is 0 Å². The molecule has 98 valence electrons. The molecule has 0 heterocycles. The van der Waals surface area contributed by atoms with Crippen LogP contribution < -0.4 is 4.74 Å². The second-order valence-electron chi connectivity index (χ2n) is 5.24. The smallest absolute Gasteiger partial charge is 0.119 e. The summed E-state index contributed by atoms with van der Waals surface area (Å²) in [7, 11) is 0. The molecule has 1 aromatic carbocycles. The molecule has 1 saturated carbocycles. The van der Waals surface area contributed by atoms with Crippen molar-refractivity contribution in [3.63, 3.8) is 0 Å². The van der Waals surface area contributed by atoms with Crippen LogP contribution in [0.25, 0.3) is 0 Å². The van der Waals surface area contributed by atoms with Crippen LogP contribution in [-0.2, 0) is 0 Å². The SMILES string of the molecule is C=CC[C@H]1CC[C@H](c2ccc(OCC)cc2)CC1. The van der Waals surface area contributed by atoms with Gasteiger partial charge in [-0.05, 0) is 68.6 Å². The maximum Gasteiger partial charge on any atom is 0.119 e. The minimum atomic E-state index is 0.742. The van der Waals surface area contributed by atoms with Crippen LogP contribution in [0.5, 0.6) is 5.75 Å². The molecule has 2 rings (SSSR count). The monoisotopic (exact) mass is 244 g/mol. The van der Waals surface area contributed by atoms with Crippen molar-refractivity contribution in [1.29, 1.82) is 0 Å². The van der Waals surface area contributed by atoms with Gasteiger partial charge in [-0.15, -0.1) is 6.58 Å². The lowest BCUT2D eigenvalue weighted by molar-refractivity contribution is 0.327. The molecule has 0 radical (unpaired) electrons. The first-order valence-electron chi connectivity index (χ1n) is 7.17. The quantitative estimate of drug-likeness (QED) is 0.667. The summed E-state index contributed by atoms with van der Waals surface area (Å²) in [6, 6.07) is 8.69. The molecule has 1 aliphatic rings. The van der Waals surface area contributed by atoms with Gasteiger partial charge in [0.2, 0.25) is 0 Å². The second-order valence-corrected chi connectivity index (χ2v) is 5.24. The Labute approximate surface area is 111 Å². The summed E-state index contributed by atoms with van der Waals surface area (Å²) < 4.78 is 5.49. The number of allylic oxidation sites excluding steroid dienone is 1. The van der Waals surface area contributed by atoms with Crippen LogP contribution in [0.15, 0.2) is 36.9 Å². The van der Waals surface area contributed by atoms with E-state index in [4.69, 9.17) is 4.74 Å². The molecule has 1 aromatic rings. The van der Waals surface area contributed by atoms with E-state index in [1.807, 2.05) is 6.92 Å². The molecule has 1 aliphatic carbocycles. The van der Waals surface area contributed by atoms with Crippen LogP contribution in [0.3, 0.4) is 0 Å². The number of hydrogen-bond donors (Lipinski definition) is 0. The van der Waals surface area contributed by atoms with Crippen LogP contribution in [0.1, 0.15) is 50.5 Å². The van der Waals surface area contributed by atoms with Crippen LogP contribution in [0.4, 0.5) is 0 Å². The lowest BCUT2D eigenvalue weighted by Gasteiger charge is -2.28. The average molecular weight is 244 g/mol. The molecule has 0 aliphatic heterocycles. The van der Waals surface area contributed by atoms with E-state index in [2.05, 4.69) is 36.9 Å². The first-order valence-corrected chi connectivity index (χ1v) is 7.17. The predicted molar refractivity (Wildman–Crippen MR) is 77.1 cm³/mol. The predicted octanol–water partition coefficient (Wildman–Crippen LogP) is 4.94. The summed E-state index contributed by atoms with van der Waals surface area (Å²) in [5, 5.41) is 0. The second kappa shape index (κ2) is 6.63. The Morgan fingerprint density at radius 2 is 1.83 bits per heavy atom. The summed E-state index contributed by atoms with van der Waals surface area (Å²) in [6.45, 7) is 6.61. The zero-order valence-corrected chi connectivity index (χ0v) is 11.4. The van der Waals surface area contributed by atoms with Crippen LogP contribution in [0.2, 0.25) is 0 Å². The molecule has 0 atom stereocenters. The lowest BCUT2D eigenvalue weighted by Crippen LogP contribution is -2.12. The minimum Gasteiger partial charge on any atom is -0.494 e. The van der Waals surface area contributed by atoms with Gasteiger partial charge in [-0.2, -0.15) is 0 Å². The fourth-order valence-electron chi connectivity index (χ4n) is 2.97. The molecule has 0 unspecified atom stereocenters. The van der Waals surface area contributed by atoms with Crippen molar-refractivity contribution in [1.82, 2.24) is 0 Å². The van der Waals surface area contributed by atoms with Gasteiger partial charge in [-0.25, -0.2) is 0 Å². The summed E-state index contributed by atoms with van der Waals surface area (Å²) in [5.74, 6) is 2.62. The molecule has 0 amide bonds. The van der Waals surface area contributed by atoms with Gasteiger partial charge in [0.1, 0.15) is 5.75 Å². The van der Waals surface area contributed by atoms with E-state index in [0.29, 0.717) is 0 Å². The maximum atomic E-state index is 5.49. The van der Waals surface area contributed by atoms with Gasteiger partial charge in [-0.1, -0.05) is 18.2 Å². The largest absolute Gasteiger partial charge is 0.494 e. The van der Waals surface area contributed by atoms with Crippen molar-refractivity contribution < 1.29 is 4.74 Å². The van der Waals surface area contributed by atoms with E-state index in [9.17, 15) is 0 Å². The van der Waals surface area contributed by atoms with Gasteiger partial charge < -0.3 is 4.74 Å². The highest BCUT2D eigenvalue weighted by atomic mass is 16.5. The maximum absolute atomic E-state index is 5.49. The Morgan fingerprint density at radius 1 is 1.17 bits per heavy atom. The summed E-state index contributed by atoms with van der Waals surface area (Å²) >= 11 is 0. The van der Waals surface area contributed by atoms with E-state index in [0.717, 1.165) is 24.2 Å². The van der Waals surface area contributed by atoms with Crippen LogP contribution >= 0.6 is 0 Å². The van der Waals surface area contributed by atoms with E-state index in [1.54, 1.807) is 0 Å². The molecule has 1 fully saturated rings. The van der Waals surface area contributed by atoms with E-state index < -0.39 is 0 Å². The van der Waals surface area contributed by atoms with Gasteiger partial charge in [0.25, 0.3) is 0 Å². The summed E-state index contributed by atoms with van der Waals surface area (Å²) in [4.78, 5) is 0. The molecule has 18 heavy (non-hydrogen) atoms. The van der Waals surface area contributed by atoms with E-state index in [-0.39, 0.29) is 0 Å². The van der Waals surface area contributed by atoms with E-state index in [1.165, 1.54) is 37.7 Å². The Bertz CT molecular complexity index is 358. The van der Waals surface area contributed by atoms with Crippen molar-refractivity contribution in [2.24, 2.45) is 5.92 Å². The molecule has 0 aromatic heterocycles. The number of benzene rings is 1. The normalized spacial score (nSPS) is 23.6. The van der Waals surface area contributed by atoms with Crippen molar-refractivity contribution >= 4 is 0 Å². The topological polar surface area (TPSA) is 9.23 Å². The highest BCUT2D eigenvalue weighted by molar-refractivity contribution is 5.29. The molecule has 1 heteroatoms. The summed E-state index contributed by atoms with van der Waals surface area (Å²) in [6.07, 6.45) is 8.62. The average Bonchev–Trinajstić information content (AvgIpc) is 2.41. The zero-order valence-electron chi connectivity index (χ0n) is 11.4. The van der Waals surface area contributed by atoms with Crippen LogP contribution in [-0.4, -0.2) is 6.61 Å².